The molecule has 0 saturated heterocycles. The van der Waals surface area contributed by atoms with Crippen molar-refractivity contribution in [3.63, 3.8) is 0 Å². The van der Waals surface area contributed by atoms with E-state index in [1.807, 2.05) is 11.3 Å². The zero-order valence-corrected chi connectivity index (χ0v) is 9.86. The predicted octanol–water partition coefficient (Wildman–Crippen LogP) is 3.64. The summed E-state index contributed by atoms with van der Waals surface area (Å²) in [4.78, 5) is 1.37. The van der Waals surface area contributed by atoms with Crippen LogP contribution in [0.5, 0.6) is 0 Å². The monoisotopic (exact) mass is 209 g/mol. The van der Waals surface area contributed by atoms with Gasteiger partial charge in [0.15, 0.2) is 0 Å². The molecule has 1 saturated carbocycles. The first kappa shape index (κ1) is 10.2. The van der Waals surface area contributed by atoms with Crippen LogP contribution in [0.1, 0.15) is 49.1 Å². The van der Waals surface area contributed by atoms with Gasteiger partial charge < -0.3 is 5.73 Å². The van der Waals surface area contributed by atoms with E-state index in [4.69, 9.17) is 5.73 Å². The highest BCUT2D eigenvalue weighted by Gasteiger charge is 2.35. The fourth-order valence-corrected chi connectivity index (χ4v) is 3.26. The van der Waals surface area contributed by atoms with Crippen LogP contribution in [-0.4, -0.2) is 0 Å². The minimum absolute atomic E-state index is 0.245. The second-order valence-corrected chi connectivity index (χ2v) is 5.94. The Bertz CT molecular complexity index is 310. The summed E-state index contributed by atoms with van der Waals surface area (Å²) >= 11 is 1.81. The quantitative estimate of drug-likeness (QED) is 0.790. The summed E-state index contributed by atoms with van der Waals surface area (Å²) in [6, 6.07) is 2.49. The van der Waals surface area contributed by atoms with Crippen LogP contribution in [0, 0.1) is 12.3 Å². The lowest BCUT2D eigenvalue weighted by atomic mass is 9.78. The van der Waals surface area contributed by atoms with Gasteiger partial charge in [-0.3, -0.25) is 0 Å². The molecule has 2 heteroatoms. The van der Waals surface area contributed by atoms with E-state index in [-0.39, 0.29) is 6.04 Å². The van der Waals surface area contributed by atoms with Crippen LogP contribution in [0.15, 0.2) is 11.4 Å². The van der Waals surface area contributed by atoms with E-state index in [1.54, 1.807) is 0 Å². The van der Waals surface area contributed by atoms with Gasteiger partial charge >= 0.3 is 0 Å². The molecular formula is C12H19NS. The fourth-order valence-electron chi connectivity index (χ4n) is 2.52. The molecule has 1 aromatic heterocycles. The summed E-state index contributed by atoms with van der Waals surface area (Å²) in [6.07, 6.45) is 5.30. The highest BCUT2D eigenvalue weighted by molar-refractivity contribution is 7.10. The molecule has 1 aliphatic rings. The van der Waals surface area contributed by atoms with Gasteiger partial charge in [0.05, 0.1) is 0 Å². The molecule has 14 heavy (non-hydrogen) atoms. The van der Waals surface area contributed by atoms with E-state index < -0.39 is 0 Å². The minimum Gasteiger partial charge on any atom is -0.323 e. The first-order chi connectivity index (χ1) is 6.62. The standard InChI is InChI=1S/C12H19NS/c1-9-7-10(8-14-9)11(13)12(2)5-3-4-6-12/h7-8,11H,3-6,13H2,1-2H3. The third kappa shape index (κ3) is 1.73. The van der Waals surface area contributed by atoms with E-state index >= 15 is 0 Å². The van der Waals surface area contributed by atoms with Crippen molar-refractivity contribution in [1.82, 2.24) is 0 Å². The van der Waals surface area contributed by atoms with Gasteiger partial charge in [-0.25, -0.2) is 0 Å². The van der Waals surface area contributed by atoms with Gasteiger partial charge in [-0.1, -0.05) is 19.8 Å². The van der Waals surface area contributed by atoms with Crippen molar-refractivity contribution in [2.45, 2.75) is 45.6 Å². The first-order valence-corrected chi connectivity index (χ1v) is 6.30. The highest BCUT2D eigenvalue weighted by Crippen LogP contribution is 2.46. The average Bonchev–Trinajstić information content (AvgIpc) is 2.74. The van der Waals surface area contributed by atoms with Gasteiger partial charge in [0.2, 0.25) is 0 Å². The molecule has 0 bridgehead atoms. The number of hydrogen-bond acceptors (Lipinski definition) is 2. The number of nitrogens with two attached hydrogens (primary N) is 1. The van der Waals surface area contributed by atoms with Crippen LogP contribution in [0.3, 0.4) is 0 Å². The van der Waals surface area contributed by atoms with Crippen molar-refractivity contribution < 1.29 is 0 Å². The van der Waals surface area contributed by atoms with Gasteiger partial charge in [-0.15, -0.1) is 11.3 Å². The van der Waals surface area contributed by atoms with E-state index in [9.17, 15) is 0 Å². The molecule has 0 radical (unpaired) electrons. The van der Waals surface area contributed by atoms with Crippen LogP contribution >= 0.6 is 11.3 Å². The van der Waals surface area contributed by atoms with E-state index in [0.29, 0.717) is 5.41 Å². The smallest absolute Gasteiger partial charge is 0.0357 e. The van der Waals surface area contributed by atoms with Crippen molar-refractivity contribution in [3.8, 4) is 0 Å². The maximum Gasteiger partial charge on any atom is 0.0357 e. The summed E-state index contributed by atoms with van der Waals surface area (Å²) in [5.41, 5.74) is 8.05. The molecule has 1 unspecified atom stereocenters. The molecule has 78 valence electrons. The van der Waals surface area contributed by atoms with E-state index in [1.165, 1.54) is 36.1 Å². The maximum absolute atomic E-state index is 6.35. The Labute approximate surface area is 90.3 Å². The molecule has 0 aliphatic heterocycles. The lowest BCUT2D eigenvalue weighted by molar-refractivity contribution is 0.266. The second kappa shape index (κ2) is 3.67. The van der Waals surface area contributed by atoms with Crippen molar-refractivity contribution in [1.29, 1.82) is 0 Å². The molecule has 0 amide bonds. The van der Waals surface area contributed by atoms with Crippen molar-refractivity contribution in [2.24, 2.45) is 11.1 Å². The second-order valence-electron chi connectivity index (χ2n) is 4.83. The molecule has 2 N–H and O–H groups in total. The van der Waals surface area contributed by atoms with Gasteiger partial charge in [-0.2, -0.15) is 0 Å². The number of thiophene rings is 1. The number of hydrogen-bond donors (Lipinski definition) is 1. The fraction of sp³-hybridized carbons (Fsp3) is 0.667. The average molecular weight is 209 g/mol. The Morgan fingerprint density at radius 2 is 2.07 bits per heavy atom. The molecule has 2 rings (SSSR count). The lowest BCUT2D eigenvalue weighted by Crippen LogP contribution is -2.28. The molecule has 0 aromatic carbocycles. The summed E-state index contributed by atoms with van der Waals surface area (Å²) in [5.74, 6) is 0. The van der Waals surface area contributed by atoms with E-state index in [0.717, 1.165) is 0 Å². The van der Waals surface area contributed by atoms with Crippen molar-refractivity contribution in [3.05, 3.63) is 21.9 Å². The number of rotatable bonds is 2. The van der Waals surface area contributed by atoms with Crippen LogP contribution < -0.4 is 5.73 Å². The summed E-state index contributed by atoms with van der Waals surface area (Å²) in [7, 11) is 0. The third-order valence-corrected chi connectivity index (χ3v) is 4.49. The lowest BCUT2D eigenvalue weighted by Gasteiger charge is -2.30. The molecule has 1 atom stereocenters. The molecule has 1 fully saturated rings. The van der Waals surface area contributed by atoms with Crippen molar-refractivity contribution in [2.75, 3.05) is 0 Å². The maximum atomic E-state index is 6.35. The summed E-state index contributed by atoms with van der Waals surface area (Å²) in [5, 5.41) is 2.23. The van der Waals surface area contributed by atoms with Crippen molar-refractivity contribution >= 4 is 11.3 Å². The third-order valence-electron chi connectivity index (χ3n) is 3.61. The Hall–Kier alpha value is -0.340. The molecule has 1 heterocycles. The SMILES string of the molecule is Cc1cc(C(N)C2(C)CCCC2)cs1. The summed E-state index contributed by atoms with van der Waals surface area (Å²) in [6.45, 7) is 4.50. The Balaban J connectivity index is 2.18. The Kier molecular flexibility index (Phi) is 2.67. The molecule has 1 nitrogen and oxygen atoms in total. The molecule has 1 aliphatic carbocycles. The summed E-state index contributed by atoms with van der Waals surface area (Å²) < 4.78 is 0. The van der Waals surface area contributed by atoms with Gasteiger partial charge in [-0.05, 0) is 42.2 Å². The normalized spacial score (nSPS) is 22.5. The van der Waals surface area contributed by atoms with Gasteiger partial charge in [0.25, 0.3) is 0 Å². The van der Waals surface area contributed by atoms with Crippen LogP contribution in [-0.2, 0) is 0 Å². The highest BCUT2D eigenvalue weighted by atomic mass is 32.1. The van der Waals surface area contributed by atoms with Gasteiger partial charge in [0.1, 0.15) is 0 Å². The van der Waals surface area contributed by atoms with Gasteiger partial charge in [0, 0.05) is 10.9 Å². The van der Waals surface area contributed by atoms with Crippen LogP contribution in [0.2, 0.25) is 0 Å². The minimum atomic E-state index is 0.245. The first-order valence-electron chi connectivity index (χ1n) is 5.42. The Morgan fingerprint density at radius 1 is 1.43 bits per heavy atom. The Morgan fingerprint density at radius 3 is 2.57 bits per heavy atom. The largest absolute Gasteiger partial charge is 0.323 e. The zero-order valence-electron chi connectivity index (χ0n) is 9.05. The predicted molar refractivity (Wildman–Crippen MR) is 62.6 cm³/mol. The van der Waals surface area contributed by atoms with Crippen LogP contribution in [0.25, 0.3) is 0 Å². The molecule has 1 aromatic rings. The molecule has 0 spiro atoms. The van der Waals surface area contributed by atoms with Crippen LogP contribution in [0.4, 0.5) is 0 Å². The van der Waals surface area contributed by atoms with E-state index in [2.05, 4.69) is 25.3 Å². The zero-order chi connectivity index (χ0) is 10.2. The number of aryl methyl sites for hydroxylation is 1. The topological polar surface area (TPSA) is 26.0 Å². The molecular weight excluding hydrogens is 190 g/mol.